The summed E-state index contributed by atoms with van der Waals surface area (Å²) in [4.78, 5) is 16.9. The van der Waals surface area contributed by atoms with Crippen molar-refractivity contribution in [1.82, 2.24) is 14.5 Å². The largest absolute Gasteiger partial charge is 0.495 e. The molecule has 33 heavy (non-hydrogen) atoms. The Balaban J connectivity index is 1.36. The van der Waals surface area contributed by atoms with E-state index in [1.54, 1.807) is 23.1 Å². The van der Waals surface area contributed by atoms with Crippen LogP contribution in [0.4, 0.5) is 10.5 Å². The van der Waals surface area contributed by atoms with E-state index in [9.17, 15) is 13.2 Å². The molecule has 0 radical (unpaired) electrons. The first-order chi connectivity index (χ1) is 15.9. The van der Waals surface area contributed by atoms with Gasteiger partial charge in [-0.15, -0.1) is 0 Å². The predicted octanol–water partition coefficient (Wildman–Crippen LogP) is 2.36. The highest BCUT2D eigenvalue weighted by atomic mass is 32.2. The normalized spacial score (nSPS) is 16.8. The number of amides is 2. The molecule has 0 bridgehead atoms. The Bertz CT molecular complexity index is 1150. The van der Waals surface area contributed by atoms with Gasteiger partial charge in [0.15, 0.2) is 0 Å². The maximum atomic E-state index is 12.9. The van der Waals surface area contributed by atoms with Crippen LogP contribution in [0.3, 0.4) is 0 Å². The van der Waals surface area contributed by atoms with Crippen LogP contribution in [0.2, 0.25) is 0 Å². The molecule has 0 aromatic heterocycles. The van der Waals surface area contributed by atoms with E-state index in [1.165, 1.54) is 19.2 Å². The fraction of sp³-hybridized carbons (Fsp3) is 0.391. The van der Waals surface area contributed by atoms with Crippen molar-refractivity contribution >= 4 is 21.7 Å². The molecule has 1 heterocycles. The van der Waals surface area contributed by atoms with Gasteiger partial charge in [0, 0.05) is 38.8 Å². The first-order valence-electron chi connectivity index (χ1n) is 10.9. The third-order valence-electron chi connectivity index (χ3n) is 5.77. The second kappa shape index (κ2) is 9.79. The Labute approximate surface area is 194 Å². The average Bonchev–Trinajstić information content (AvgIpc) is 3.63. The molecule has 2 aromatic rings. The van der Waals surface area contributed by atoms with E-state index in [0.29, 0.717) is 43.2 Å². The Morgan fingerprint density at radius 3 is 2.42 bits per heavy atom. The van der Waals surface area contributed by atoms with Gasteiger partial charge in [0.2, 0.25) is 10.0 Å². The summed E-state index contributed by atoms with van der Waals surface area (Å²) in [7, 11) is -2.17. The highest BCUT2D eigenvalue weighted by molar-refractivity contribution is 7.89. The van der Waals surface area contributed by atoms with Crippen LogP contribution in [0.15, 0.2) is 47.4 Å². The van der Waals surface area contributed by atoms with Crippen LogP contribution in [-0.2, 0) is 16.6 Å². The lowest BCUT2D eigenvalue weighted by molar-refractivity contribution is 0.143. The van der Waals surface area contributed by atoms with Crippen LogP contribution in [0.25, 0.3) is 0 Å². The van der Waals surface area contributed by atoms with Gasteiger partial charge in [0.05, 0.1) is 29.3 Å². The number of hydrogen-bond acceptors (Lipinski definition) is 6. The van der Waals surface area contributed by atoms with Crippen LogP contribution in [0.1, 0.15) is 24.0 Å². The summed E-state index contributed by atoms with van der Waals surface area (Å²) in [5, 5.41) is 11.7. The van der Waals surface area contributed by atoms with Gasteiger partial charge in [-0.2, -0.15) is 5.26 Å². The summed E-state index contributed by atoms with van der Waals surface area (Å²) in [6.07, 6.45) is 1.69. The summed E-state index contributed by atoms with van der Waals surface area (Å²) < 4.78 is 33.1. The fourth-order valence-corrected chi connectivity index (χ4v) is 5.02. The number of carbonyl (C=O) groups is 1. The van der Waals surface area contributed by atoms with Crippen molar-refractivity contribution in [2.75, 3.05) is 38.6 Å². The number of nitrogens with zero attached hydrogens (tertiary/aromatic N) is 3. The Hall–Kier alpha value is -3.13. The highest BCUT2D eigenvalue weighted by Crippen LogP contribution is 2.29. The number of urea groups is 1. The average molecular weight is 470 g/mol. The number of nitriles is 1. The minimum atomic E-state index is -3.64. The molecule has 2 fully saturated rings. The number of anilines is 1. The molecule has 2 aromatic carbocycles. The molecule has 1 saturated heterocycles. The minimum absolute atomic E-state index is 0.00396. The summed E-state index contributed by atoms with van der Waals surface area (Å²) >= 11 is 0. The zero-order chi connectivity index (χ0) is 23.4. The number of methoxy groups -OCH3 is 1. The lowest BCUT2D eigenvalue weighted by Gasteiger charge is -2.34. The molecule has 4 rings (SSSR count). The van der Waals surface area contributed by atoms with Crippen LogP contribution in [0.5, 0.6) is 5.75 Å². The quantitative estimate of drug-likeness (QED) is 0.643. The van der Waals surface area contributed by atoms with Crippen molar-refractivity contribution in [2.45, 2.75) is 30.3 Å². The maximum absolute atomic E-state index is 12.9. The minimum Gasteiger partial charge on any atom is -0.495 e. The van der Waals surface area contributed by atoms with Crippen molar-refractivity contribution in [3.63, 3.8) is 0 Å². The van der Waals surface area contributed by atoms with Gasteiger partial charge in [-0.1, -0.05) is 12.1 Å². The number of rotatable bonds is 7. The van der Waals surface area contributed by atoms with E-state index >= 15 is 0 Å². The third kappa shape index (κ3) is 5.82. The molecular weight excluding hydrogens is 442 g/mol. The van der Waals surface area contributed by atoms with Crippen molar-refractivity contribution in [1.29, 1.82) is 5.26 Å². The molecule has 10 heteroatoms. The molecule has 9 nitrogen and oxygen atoms in total. The first-order valence-corrected chi connectivity index (χ1v) is 12.3. The van der Waals surface area contributed by atoms with Gasteiger partial charge < -0.3 is 15.0 Å². The Morgan fingerprint density at radius 2 is 1.82 bits per heavy atom. The number of ether oxygens (including phenoxy) is 1. The van der Waals surface area contributed by atoms with Gasteiger partial charge in [0.25, 0.3) is 0 Å². The predicted molar refractivity (Wildman–Crippen MR) is 123 cm³/mol. The third-order valence-corrected chi connectivity index (χ3v) is 7.29. The molecule has 0 spiro atoms. The lowest BCUT2D eigenvalue weighted by atomic mass is 10.1. The van der Waals surface area contributed by atoms with E-state index in [4.69, 9.17) is 10.00 Å². The molecule has 2 amide bonds. The molecule has 1 aliphatic heterocycles. The van der Waals surface area contributed by atoms with E-state index in [-0.39, 0.29) is 17.0 Å². The topological polar surface area (TPSA) is 115 Å². The van der Waals surface area contributed by atoms with Crippen LogP contribution >= 0.6 is 0 Å². The van der Waals surface area contributed by atoms with Crippen molar-refractivity contribution in [2.24, 2.45) is 0 Å². The highest BCUT2D eigenvalue weighted by Gasteiger charge is 2.29. The molecular formula is C23H27N5O4S. The van der Waals surface area contributed by atoms with Gasteiger partial charge in [-0.3, -0.25) is 4.90 Å². The van der Waals surface area contributed by atoms with Gasteiger partial charge >= 0.3 is 6.03 Å². The lowest BCUT2D eigenvalue weighted by Crippen LogP contribution is -2.49. The van der Waals surface area contributed by atoms with E-state index in [1.807, 2.05) is 12.1 Å². The zero-order valence-electron chi connectivity index (χ0n) is 18.5. The van der Waals surface area contributed by atoms with Gasteiger partial charge in [-0.25, -0.2) is 17.9 Å². The number of carbonyl (C=O) groups excluding carboxylic acids is 1. The maximum Gasteiger partial charge on any atom is 0.322 e. The van der Waals surface area contributed by atoms with Crippen LogP contribution < -0.4 is 14.8 Å². The van der Waals surface area contributed by atoms with E-state index in [2.05, 4.69) is 21.0 Å². The van der Waals surface area contributed by atoms with Crippen molar-refractivity contribution < 1.29 is 17.9 Å². The smallest absolute Gasteiger partial charge is 0.322 e. The van der Waals surface area contributed by atoms with E-state index < -0.39 is 10.0 Å². The number of sulfonamides is 1. The van der Waals surface area contributed by atoms with Gasteiger partial charge in [-0.05, 0) is 48.7 Å². The summed E-state index contributed by atoms with van der Waals surface area (Å²) in [5.41, 5.74) is 2.08. The second-order valence-corrected chi connectivity index (χ2v) is 9.97. The molecule has 2 aliphatic rings. The zero-order valence-corrected chi connectivity index (χ0v) is 19.3. The summed E-state index contributed by atoms with van der Waals surface area (Å²) in [5.74, 6) is 0.396. The number of nitrogens with one attached hydrogen (secondary N) is 2. The Kier molecular flexibility index (Phi) is 6.83. The molecule has 0 unspecified atom stereocenters. The standard InChI is InChI=1S/C23H27N5O4S/c1-32-22-9-8-20(33(30,31)26-19-6-7-19)14-21(22)25-23(29)28-12-10-27(11-13-28)16-18-4-2-17(15-24)3-5-18/h2-5,8-9,14,19,26H,6-7,10-13,16H2,1H3,(H,25,29). The number of hydrogen-bond donors (Lipinski definition) is 2. The summed E-state index contributed by atoms with van der Waals surface area (Å²) in [6.45, 7) is 3.27. The van der Waals surface area contributed by atoms with E-state index in [0.717, 1.165) is 24.9 Å². The fourth-order valence-electron chi connectivity index (χ4n) is 3.69. The van der Waals surface area contributed by atoms with Crippen LogP contribution in [0, 0.1) is 11.3 Å². The second-order valence-electron chi connectivity index (χ2n) is 8.26. The first kappa shape index (κ1) is 23.0. The summed E-state index contributed by atoms with van der Waals surface area (Å²) in [6, 6.07) is 13.8. The van der Waals surface area contributed by atoms with Crippen LogP contribution in [-0.4, -0.2) is 63.6 Å². The molecule has 2 N–H and O–H groups in total. The number of benzene rings is 2. The van der Waals surface area contributed by atoms with Crippen molar-refractivity contribution in [3.8, 4) is 11.8 Å². The molecule has 1 saturated carbocycles. The molecule has 174 valence electrons. The molecule has 0 atom stereocenters. The van der Waals surface area contributed by atoms with Gasteiger partial charge in [0.1, 0.15) is 5.75 Å². The van der Waals surface area contributed by atoms with Crippen molar-refractivity contribution in [3.05, 3.63) is 53.6 Å². The molecule has 1 aliphatic carbocycles. The number of piperazine rings is 1. The monoisotopic (exact) mass is 469 g/mol. The Morgan fingerprint density at radius 1 is 1.12 bits per heavy atom. The SMILES string of the molecule is COc1ccc(S(=O)(=O)NC2CC2)cc1NC(=O)N1CCN(Cc2ccc(C#N)cc2)CC1.